The average Bonchev–Trinajstić information content (AvgIpc) is 3.43. The molecule has 0 radical (unpaired) electrons. The third kappa shape index (κ3) is 63.8. The molecule has 448 valence electrons. The first kappa shape index (κ1) is 74.1. The zero-order valence-electron chi connectivity index (χ0n) is 51.5. The van der Waals surface area contributed by atoms with Gasteiger partial charge in [-0.05, 0) is 103 Å². The normalized spacial score (nSPS) is 12.4. The number of allylic oxidation sites excluding steroid dienone is 10. The SMILES string of the molecule is CCC/C=C\C/C=C\CCCCCCCC(=O)OCC(COC(=O)CCCCCCCCCCCCCCCCCCC/C=C\C/C=C\CCCCCCC)OC(=O)CCCCCCCCC/C=C\CCCCCCCC. The van der Waals surface area contributed by atoms with E-state index >= 15 is 0 Å². The standard InChI is InChI=1S/C71H128O6/c1-4-7-10-13-16-19-22-25-27-29-30-31-32-33-34-35-36-37-38-39-40-42-43-46-49-52-55-58-61-64-70(73)76-67-68(66-75-69(72)63-60-57-54-51-48-45-24-21-18-15-12-9-6-3)77-71(74)65-62-59-56-53-50-47-44-41-28-26-23-20-17-14-11-8-5-2/h12,15,21-22,24-26,28-30,68H,4-11,13-14,16-20,23,27,31-67H2,1-3H3/b15-12-,24-21-,25-22-,28-26-,30-29-. The second-order valence-electron chi connectivity index (χ2n) is 22.7. The Kier molecular flexibility index (Phi) is 63.2. The number of hydrogen-bond acceptors (Lipinski definition) is 6. The van der Waals surface area contributed by atoms with Crippen LogP contribution in [0.2, 0.25) is 0 Å². The summed E-state index contributed by atoms with van der Waals surface area (Å²) >= 11 is 0. The van der Waals surface area contributed by atoms with Gasteiger partial charge in [0.05, 0.1) is 0 Å². The lowest BCUT2D eigenvalue weighted by Gasteiger charge is -2.18. The third-order valence-electron chi connectivity index (χ3n) is 14.9. The van der Waals surface area contributed by atoms with Crippen LogP contribution in [-0.4, -0.2) is 37.2 Å². The first-order valence-corrected chi connectivity index (χ1v) is 33.8. The highest BCUT2D eigenvalue weighted by molar-refractivity contribution is 5.71. The molecule has 0 aromatic carbocycles. The number of hydrogen-bond donors (Lipinski definition) is 0. The van der Waals surface area contributed by atoms with Crippen molar-refractivity contribution in [2.45, 2.75) is 361 Å². The van der Waals surface area contributed by atoms with Crippen molar-refractivity contribution in [3.63, 3.8) is 0 Å². The zero-order valence-corrected chi connectivity index (χ0v) is 51.5. The van der Waals surface area contributed by atoms with Crippen molar-refractivity contribution in [1.82, 2.24) is 0 Å². The molecule has 0 rings (SSSR count). The predicted molar refractivity (Wildman–Crippen MR) is 335 cm³/mol. The Bertz CT molecular complexity index is 1380. The summed E-state index contributed by atoms with van der Waals surface area (Å²) in [4.78, 5) is 38.3. The van der Waals surface area contributed by atoms with Crippen LogP contribution in [0, 0.1) is 0 Å². The molecule has 0 amide bonds. The second kappa shape index (κ2) is 65.6. The van der Waals surface area contributed by atoms with Crippen LogP contribution in [0.5, 0.6) is 0 Å². The van der Waals surface area contributed by atoms with Gasteiger partial charge in [-0.1, -0.05) is 293 Å². The van der Waals surface area contributed by atoms with Crippen molar-refractivity contribution in [3.05, 3.63) is 60.8 Å². The Morgan fingerprint density at radius 1 is 0.260 bits per heavy atom. The molecule has 1 atom stereocenters. The number of esters is 3. The summed E-state index contributed by atoms with van der Waals surface area (Å²) in [6.07, 6.45) is 83.9. The van der Waals surface area contributed by atoms with E-state index in [2.05, 4.69) is 81.5 Å². The van der Waals surface area contributed by atoms with Crippen LogP contribution in [-0.2, 0) is 28.6 Å². The second-order valence-corrected chi connectivity index (χ2v) is 22.7. The van der Waals surface area contributed by atoms with Crippen molar-refractivity contribution in [1.29, 1.82) is 0 Å². The lowest BCUT2D eigenvalue weighted by molar-refractivity contribution is -0.167. The van der Waals surface area contributed by atoms with Crippen molar-refractivity contribution in [3.8, 4) is 0 Å². The molecule has 0 saturated carbocycles. The van der Waals surface area contributed by atoms with Gasteiger partial charge in [0.15, 0.2) is 6.10 Å². The Labute approximate surface area is 479 Å². The van der Waals surface area contributed by atoms with Gasteiger partial charge in [0.2, 0.25) is 0 Å². The molecule has 6 nitrogen and oxygen atoms in total. The van der Waals surface area contributed by atoms with Crippen LogP contribution >= 0.6 is 0 Å². The molecule has 0 N–H and O–H groups in total. The maximum atomic E-state index is 12.9. The van der Waals surface area contributed by atoms with E-state index in [9.17, 15) is 14.4 Å². The lowest BCUT2D eigenvalue weighted by atomic mass is 10.0. The van der Waals surface area contributed by atoms with Crippen LogP contribution < -0.4 is 0 Å². The van der Waals surface area contributed by atoms with Crippen LogP contribution in [0.1, 0.15) is 355 Å². The van der Waals surface area contributed by atoms with Crippen molar-refractivity contribution in [2.24, 2.45) is 0 Å². The summed E-state index contributed by atoms with van der Waals surface area (Å²) in [5, 5.41) is 0. The highest BCUT2D eigenvalue weighted by atomic mass is 16.6. The molecule has 0 aromatic heterocycles. The minimum Gasteiger partial charge on any atom is -0.462 e. The minimum absolute atomic E-state index is 0.0775. The molecule has 0 aromatic rings. The van der Waals surface area contributed by atoms with Crippen LogP contribution in [0.25, 0.3) is 0 Å². The number of ether oxygens (including phenoxy) is 3. The van der Waals surface area contributed by atoms with Crippen LogP contribution in [0.3, 0.4) is 0 Å². The molecule has 0 aliphatic rings. The number of carbonyl (C=O) groups excluding carboxylic acids is 3. The largest absolute Gasteiger partial charge is 0.462 e. The van der Waals surface area contributed by atoms with Crippen molar-refractivity contribution in [2.75, 3.05) is 13.2 Å². The summed E-state index contributed by atoms with van der Waals surface area (Å²) < 4.78 is 16.9. The van der Waals surface area contributed by atoms with Gasteiger partial charge in [0.25, 0.3) is 0 Å². The Hall–Kier alpha value is -2.89. The molecular weight excluding hydrogens is 949 g/mol. The molecule has 0 heterocycles. The van der Waals surface area contributed by atoms with E-state index in [1.807, 2.05) is 0 Å². The van der Waals surface area contributed by atoms with Gasteiger partial charge in [-0.15, -0.1) is 0 Å². The van der Waals surface area contributed by atoms with Gasteiger partial charge >= 0.3 is 17.9 Å². The predicted octanol–water partition coefficient (Wildman–Crippen LogP) is 23.1. The fraction of sp³-hybridized carbons (Fsp3) is 0.817. The van der Waals surface area contributed by atoms with Crippen molar-refractivity contribution < 1.29 is 28.6 Å². The van der Waals surface area contributed by atoms with Gasteiger partial charge in [0.1, 0.15) is 13.2 Å². The lowest BCUT2D eigenvalue weighted by Crippen LogP contribution is -2.30. The molecule has 1 unspecified atom stereocenters. The summed E-state index contributed by atoms with van der Waals surface area (Å²) in [5.41, 5.74) is 0. The topological polar surface area (TPSA) is 78.9 Å². The molecule has 0 fully saturated rings. The monoisotopic (exact) mass is 1080 g/mol. The quantitative estimate of drug-likeness (QED) is 0.0261. The van der Waals surface area contributed by atoms with E-state index in [-0.39, 0.29) is 31.1 Å². The summed E-state index contributed by atoms with van der Waals surface area (Å²) in [6, 6.07) is 0. The van der Waals surface area contributed by atoms with E-state index in [1.165, 1.54) is 225 Å². The van der Waals surface area contributed by atoms with E-state index in [1.54, 1.807) is 0 Å². The van der Waals surface area contributed by atoms with Gasteiger partial charge < -0.3 is 14.2 Å². The van der Waals surface area contributed by atoms with Crippen LogP contribution in [0.15, 0.2) is 60.8 Å². The highest BCUT2D eigenvalue weighted by Crippen LogP contribution is 2.17. The zero-order chi connectivity index (χ0) is 55.7. The molecule has 0 spiro atoms. The molecule has 77 heavy (non-hydrogen) atoms. The van der Waals surface area contributed by atoms with E-state index < -0.39 is 6.10 Å². The molecule has 0 bridgehead atoms. The summed E-state index contributed by atoms with van der Waals surface area (Å²) in [5.74, 6) is -0.878. The number of carbonyl (C=O) groups is 3. The number of unbranched alkanes of at least 4 members (excludes halogenated alkanes) is 41. The Morgan fingerprint density at radius 3 is 0.779 bits per heavy atom. The summed E-state index contributed by atoms with van der Waals surface area (Å²) in [6.45, 7) is 6.59. The molecule has 6 heteroatoms. The van der Waals surface area contributed by atoms with Gasteiger partial charge in [-0.2, -0.15) is 0 Å². The van der Waals surface area contributed by atoms with Crippen LogP contribution in [0.4, 0.5) is 0 Å². The van der Waals surface area contributed by atoms with Crippen molar-refractivity contribution >= 4 is 17.9 Å². The summed E-state index contributed by atoms with van der Waals surface area (Å²) in [7, 11) is 0. The average molecular weight is 1080 g/mol. The van der Waals surface area contributed by atoms with E-state index in [0.29, 0.717) is 19.3 Å². The third-order valence-corrected chi connectivity index (χ3v) is 14.9. The van der Waals surface area contributed by atoms with Gasteiger partial charge in [-0.3, -0.25) is 14.4 Å². The molecule has 0 aliphatic carbocycles. The maximum absolute atomic E-state index is 12.9. The van der Waals surface area contributed by atoms with Gasteiger partial charge in [-0.25, -0.2) is 0 Å². The molecular formula is C71H128O6. The minimum atomic E-state index is -0.782. The van der Waals surface area contributed by atoms with E-state index in [4.69, 9.17) is 14.2 Å². The first-order valence-electron chi connectivity index (χ1n) is 33.8. The molecule has 0 aliphatic heterocycles. The van der Waals surface area contributed by atoms with Gasteiger partial charge in [0, 0.05) is 19.3 Å². The van der Waals surface area contributed by atoms with E-state index in [0.717, 1.165) is 89.9 Å². The fourth-order valence-corrected chi connectivity index (χ4v) is 9.86. The smallest absolute Gasteiger partial charge is 0.306 e. The maximum Gasteiger partial charge on any atom is 0.306 e. The Morgan fingerprint density at radius 2 is 0.494 bits per heavy atom. The first-order chi connectivity index (χ1) is 38.0. The highest BCUT2D eigenvalue weighted by Gasteiger charge is 2.19. The Balaban J connectivity index is 4.20. The number of rotatable bonds is 62. The fourth-order valence-electron chi connectivity index (χ4n) is 9.86. The molecule has 0 saturated heterocycles.